The van der Waals surface area contributed by atoms with Crippen LogP contribution in [0, 0.1) is 0 Å². The maximum atomic E-state index is 6.10. The second kappa shape index (κ2) is 5.15. The fourth-order valence-electron chi connectivity index (χ4n) is 1.38. The number of halogens is 2. The molecule has 1 aromatic heterocycles. The maximum absolute atomic E-state index is 6.10. The van der Waals surface area contributed by atoms with E-state index in [2.05, 4.69) is 4.98 Å². The lowest BCUT2D eigenvalue weighted by Gasteiger charge is -2.02. The molecular weight excluding hydrogens is 263 g/mol. The van der Waals surface area contributed by atoms with E-state index in [-0.39, 0.29) is 0 Å². The Morgan fingerprint density at radius 1 is 1.31 bits per heavy atom. The molecule has 0 saturated carbocycles. The molecule has 84 valence electrons. The van der Waals surface area contributed by atoms with E-state index in [1.54, 1.807) is 17.4 Å². The number of hydrogen-bond donors (Lipinski definition) is 1. The highest BCUT2D eigenvalue weighted by Gasteiger charge is 2.05. The van der Waals surface area contributed by atoms with Crippen molar-refractivity contribution in [3.63, 3.8) is 0 Å². The number of nitrogens with zero attached hydrogens (tertiary/aromatic N) is 1. The SMILES string of the molecule is NCc1ncc(Cc2ccc(Cl)cc2Cl)s1. The number of aromatic nitrogens is 1. The van der Waals surface area contributed by atoms with Crippen LogP contribution >= 0.6 is 34.5 Å². The molecule has 16 heavy (non-hydrogen) atoms. The molecule has 2 nitrogen and oxygen atoms in total. The minimum absolute atomic E-state index is 0.485. The van der Waals surface area contributed by atoms with Crippen molar-refractivity contribution in [2.24, 2.45) is 5.73 Å². The fourth-order valence-corrected chi connectivity index (χ4v) is 2.68. The van der Waals surface area contributed by atoms with Gasteiger partial charge in [0.05, 0.1) is 0 Å². The number of rotatable bonds is 3. The Hall–Kier alpha value is -0.610. The van der Waals surface area contributed by atoms with Crippen LogP contribution in [0.2, 0.25) is 10.0 Å². The van der Waals surface area contributed by atoms with Gasteiger partial charge in [0.15, 0.2) is 0 Å². The van der Waals surface area contributed by atoms with Gasteiger partial charge in [-0.15, -0.1) is 11.3 Å². The van der Waals surface area contributed by atoms with Gasteiger partial charge in [-0.2, -0.15) is 0 Å². The molecule has 0 bridgehead atoms. The number of thiazole rings is 1. The molecular formula is C11H10Cl2N2S. The third-order valence-electron chi connectivity index (χ3n) is 2.16. The van der Waals surface area contributed by atoms with Crippen LogP contribution in [-0.4, -0.2) is 4.98 Å². The van der Waals surface area contributed by atoms with E-state index in [0.29, 0.717) is 16.6 Å². The van der Waals surface area contributed by atoms with Crippen LogP contribution in [0.4, 0.5) is 0 Å². The van der Waals surface area contributed by atoms with Crippen LogP contribution in [0.1, 0.15) is 15.4 Å². The molecule has 0 saturated heterocycles. The van der Waals surface area contributed by atoms with Gasteiger partial charge in [-0.3, -0.25) is 0 Å². The maximum Gasteiger partial charge on any atom is 0.106 e. The first-order valence-electron chi connectivity index (χ1n) is 4.76. The molecule has 0 aliphatic rings. The van der Waals surface area contributed by atoms with Gasteiger partial charge < -0.3 is 5.73 Å². The van der Waals surface area contributed by atoms with Gasteiger partial charge >= 0.3 is 0 Å². The van der Waals surface area contributed by atoms with E-state index < -0.39 is 0 Å². The van der Waals surface area contributed by atoms with Crippen LogP contribution < -0.4 is 5.73 Å². The molecule has 1 aromatic carbocycles. The summed E-state index contributed by atoms with van der Waals surface area (Å²) in [6.07, 6.45) is 2.62. The van der Waals surface area contributed by atoms with Crippen LogP contribution in [-0.2, 0) is 13.0 Å². The van der Waals surface area contributed by atoms with Gasteiger partial charge in [0.2, 0.25) is 0 Å². The molecule has 0 spiro atoms. The summed E-state index contributed by atoms with van der Waals surface area (Å²) in [7, 11) is 0. The van der Waals surface area contributed by atoms with E-state index in [1.165, 1.54) is 0 Å². The highest BCUT2D eigenvalue weighted by molar-refractivity contribution is 7.11. The highest BCUT2D eigenvalue weighted by atomic mass is 35.5. The largest absolute Gasteiger partial charge is 0.325 e. The summed E-state index contributed by atoms with van der Waals surface area (Å²) in [6, 6.07) is 5.53. The van der Waals surface area contributed by atoms with Crippen LogP contribution in [0.5, 0.6) is 0 Å². The lowest BCUT2D eigenvalue weighted by molar-refractivity contribution is 1.04. The number of benzene rings is 1. The second-order valence-electron chi connectivity index (χ2n) is 3.34. The van der Waals surface area contributed by atoms with Gasteiger partial charge in [0, 0.05) is 34.1 Å². The minimum Gasteiger partial charge on any atom is -0.325 e. The van der Waals surface area contributed by atoms with Crippen molar-refractivity contribution in [3.05, 3.63) is 49.9 Å². The minimum atomic E-state index is 0.485. The highest BCUT2D eigenvalue weighted by Crippen LogP contribution is 2.25. The summed E-state index contributed by atoms with van der Waals surface area (Å²) in [4.78, 5) is 5.36. The second-order valence-corrected chi connectivity index (χ2v) is 5.38. The first-order valence-corrected chi connectivity index (χ1v) is 6.34. The topological polar surface area (TPSA) is 38.9 Å². The normalized spacial score (nSPS) is 10.7. The van der Waals surface area contributed by atoms with E-state index >= 15 is 0 Å². The molecule has 0 unspecified atom stereocenters. The molecule has 0 aliphatic carbocycles. The third kappa shape index (κ3) is 2.74. The molecule has 2 aromatic rings. The molecule has 0 radical (unpaired) electrons. The molecule has 0 fully saturated rings. The molecule has 5 heteroatoms. The van der Waals surface area contributed by atoms with Gasteiger partial charge in [-0.25, -0.2) is 4.98 Å². The van der Waals surface area contributed by atoms with Crippen molar-refractivity contribution >= 4 is 34.5 Å². The average molecular weight is 273 g/mol. The number of hydrogen-bond acceptors (Lipinski definition) is 3. The predicted octanol–water partition coefficient (Wildman–Crippen LogP) is 3.50. The van der Waals surface area contributed by atoms with Crippen LogP contribution in [0.15, 0.2) is 24.4 Å². The standard InChI is InChI=1S/C11H10Cl2N2S/c12-8-2-1-7(10(13)4-8)3-9-6-15-11(5-14)16-9/h1-2,4,6H,3,5,14H2. The summed E-state index contributed by atoms with van der Waals surface area (Å²) >= 11 is 13.5. The van der Waals surface area contributed by atoms with Gasteiger partial charge in [-0.05, 0) is 17.7 Å². The molecule has 2 rings (SSSR count). The summed E-state index contributed by atoms with van der Waals surface area (Å²) in [6.45, 7) is 0.485. The van der Waals surface area contributed by atoms with E-state index in [9.17, 15) is 0 Å². The van der Waals surface area contributed by atoms with Crippen LogP contribution in [0.3, 0.4) is 0 Å². The summed E-state index contributed by atoms with van der Waals surface area (Å²) in [5.74, 6) is 0. The summed E-state index contributed by atoms with van der Waals surface area (Å²) in [5, 5.41) is 2.29. The Morgan fingerprint density at radius 2 is 2.12 bits per heavy atom. The average Bonchev–Trinajstić information content (AvgIpc) is 2.70. The molecule has 0 amide bonds. The quantitative estimate of drug-likeness (QED) is 0.929. The zero-order chi connectivity index (χ0) is 11.5. The summed E-state index contributed by atoms with van der Waals surface area (Å²) in [5.41, 5.74) is 6.56. The smallest absolute Gasteiger partial charge is 0.106 e. The van der Waals surface area contributed by atoms with E-state index in [4.69, 9.17) is 28.9 Å². The zero-order valence-electron chi connectivity index (χ0n) is 8.41. The molecule has 2 N–H and O–H groups in total. The number of nitrogens with two attached hydrogens (primary N) is 1. The van der Waals surface area contributed by atoms with Crippen molar-refractivity contribution in [1.29, 1.82) is 0 Å². The predicted molar refractivity (Wildman–Crippen MR) is 69.3 cm³/mol. The van der Waals surface area contributed by atoms with Crippen molar-refractivity contribution < 1.29 is 0 Å². The Bertz CT molecular complexity index is 496. The Balaban J connectivity index is 2.20. The van der Waals surface area contributed by atoms with E-state index in [1.807, 2.05) is 18.3 Å². The molecule has 0 atom stereocenters. The lowest BCUT2D eigenvalue weighted by Crippen LogP contribution is -1.93. The van der Waals surface area contributed by atoms with Crippen molar-refractivity contribution in [1.82, 2.24) is 4.98 Å². The summed E-state index contributed by atoms with van der Waals surface area (Å²) < 4.78 is 0. The third-order valence-corrected chi connectivity index (χ3v) is 3.76. The molecule has 0 aliphatic heterocycles. The lowest BCUT2D eigenvalue weighted by atomic mass is 10.1. The van der Waals surface area contributed by atoms with Crippen molar-refractivity contribution in [2.75, 3.05) is 0 Å². The van der Waals surface area contributed by atoms with Crippen LogP contribution in [0.25, 0.3) is 0 Å². The Kier molecular flexibility index (Phi) is 3.82. The van der Waals surface area contributed by atoms with Gasteiger partial charge in [0.25, 0.3) is 0 Å². The first kappa shape index (κ1) is 11.9. The first-order chi connectivity index (χ1) is 7.69. The van der Waals surface area contributed by atoms with Gasteiger partial charge in [0.1, 0.15) is 5.01 Å². The fraction of sp³-hybridized carbons (Fsp3) is 0.182. The van der Waals surface area contributed by atoms with Crippen molar-refractivity contribution in [3.8, 4) is 0 Å². The van der Waals surface area contributed by atoms with Crippen molar-refractivity contribution in [2.45, 2.75) is 13.0 Å². The monoisotopic (exact) mass is 272 g/mol. The Labute approximate surface area is 108 Å². The zero-order valence-corrected chi connectivity index (χ0v) is 10.7. The molecule has 1 heterocycles. The van der Waals surface area contributed by atoms with Gasteiger partial charge in [-0.1, -0.05) is 29.3 Å². The van der Waals surface area contributed by atoms with E-state index in [0.717, 1.165) is 21.9 Å². The Morgan fingerprint density at radius 3 is 2.75 bits per heavy atom.